The minimum absolute atomic E-state index is 0.00789. The molecule has 1 aliphatic rings. The normalized spacial score (nSPS) is 16.2. The lowest BCUT2D eigenvalue weighted by Gasteiger charge is -2.20. The molecule has 2 rings (SSSR count). The second-order valence-corrected chi connectivity index (χ2v) is 4.54. The van der Waals surface area contributed by atoms with Gasteiger partial charge in [-0.15, -0.1) is 0 Å². The highest BCUT2D eigenvalue weighted by atomic mass is 16.5. The Morgan fingerprint density at radius 3 is 3.00 bits per heavy atom. The zero-order valence-corrected chi connectivity index (χ0v) is 11.0. The summed E-state index contributed by atoms with van der Waals surface area (Å²) in [6.45, 7) is 2.14. The smallest absolute Gasteiger partial charge is 0.217 e. The molecule has 0 aliphatic heterocycles. The van der Waals surface area contributed by atoms with Gasteiger partial charge in [0.1, 0.15) is 5.75 Å². The van der Waals surface area contributed by atoms with Crippen molar-refractivity contribution in [1.82, 2.24) is 5.32 Å². The fourth-order valence-electron chi connectivity index (χ4n) is 2.33. The third-order valence-electron chi connectivity index (χ3n) is 3.25. The van der Waals surface area contributed by atoms with Crippen LogP contribution in [0.3, 0.4) is 0 Å². The van der Waals surface area contributed by atoms with Gasteiger partial charge in [-0.3, -0.25) is 4.79 Å². The summed E-state index contributed by atoms with van der Waals surface area (Å²) in [6.07, 6.45) is 5.47. The minimum Gasteiger partial charge on any atom is -0.497 e. The summed E-state index contributed by atoms with van der Waals surface area (Å²) in [4.78, 5) is 10.9. The van der Waals surface area contributed by atoms with Crippen molar-refractivity contribution in [2.24, 2.45) is 0 Å². The van der Waals surface area contributed by atoms with E-state index in [1.165, 1.54) is 30.0 Å². The molecule has 1 aromatic carbocycles. The van der Waals surface area contributed by atoms with Crippen molar-refractivity contribution in [3.63, 3.8) is 0 Å². The molecule has 1 amide bonds. The van der Waals surface area contributed by atoms with Crippen LogP contribution in [0.2, 0.25) is 0 Å². The van der Waals surface area contributed by atoms with E-state index in [1.54, 1.807) is 7.11 Å². The number of methoxy groups -OCH3 is 1. The Balaban J connectivity index is 2.22. The lowest BCUT2D eigenvalue weighted by Crippen LogP contribution is -2.19. The molecule has 0 spiro atoms. The maximum absolute atomic E-state index is 10.9. The summed E-state index contributed by atoms with van der Waals surface area (Å²) in [5, 5.41) is 2.81. The molecule has 0 radical (unpaired) electrons. The van der Waals surface area contributed by atoms with Gasteiger partial charge in [-0.05, 0) is 48.1 Å². The zero-order chi connectivity index (χ0) is 13.0. The van der Waals surface area contributed by atoms with Crippen molar-refractivity contribution in [2.75, 3.05) is 13.7 Å². The van der Waals surface area contributed by atoms with Crippen molar-refractivity contribution in [1.29, 1.82) is 0 Å². The first-order chi connectivity index (χ1) is 8.70. The van der Waals surface area contributed by atoms with Gasteiger partial charge in [0, 0.05) is 13.5 Å². The summed E-state index contributed by atoms with van der Waals surface area (Å²) in [6, 6.07) is 6.24. The number of aryl methyl sites for hydroxylation is 1. The van der Waals surface area contributed by atoms with Crippen LogP contribution in [0.4, 0.5) is 0 Å². The number of hydrogen-bond donors (Lipinski definition) is 1. The molecular weight excluding hydrogens is 226 g/mol. The SMILES string of the molecule is COc1ccc2c(c1)C(=CCNC(C)=O)CCC2. The van der Waals surface area contributed by atoms with Crippen molar-refractivity contribution >= 4 is 11.5 Å². The Morgan fingerprint density at radius 2 is 2.28 bits per heavy atom. The largest absolute Gasteiger partial charge is 0.497 e. The van der Waals surface area contributed by atoms with Crippen molar-refractivity contribution in [3.8, 4) is 5.75 Å². The number of fused-ring (bicyclic) bond motifs is 1. The summed E-state index contributed by atoms with van der Waals surface area (Å²) in [5.41, 5.74) is 3.95. The van der Waals surface area contributed by atoms with Crippen LogP contribution in [0.25, 0.3) is 5.57 Å². The first kappa shape index (κ1) is 12.7. The highest BCUT2D eigenvalue weighted by Crippen LogP contribution is 2.32. The Bertz CT molecular complexity index is 477. The Hall–Kier alpha value is -1.77. The van der Waals surface area contributed by atoms with Crippen LogP contribution in [-0.4, -0.2) is 19.6 Å². The molecule has 0 heterocycles. The molecule has 3 heteroatoms. The van der Waals surface area contributed by atoms with E-state index < -0.39 is 0 Å². The van der Waals surface area contributed by atoms with E-state index >= 15 is 0 Å². The number of nitrogens with one attached hydrogen (secondary N) is 1. The third kappa shape index (κ3) is 2.92. The van der Waals surface area contributed by atoms with Gasteiger partial charge >= 0.3 is 0 Å². The minimum atomic E-state index is 0.00789. The first-order valence-electron chi connectivity index (χ1n) is 6.31. The monoisotopic (exact) mass is 245 g/mol. The maximum Gasteiger partial charge on any atom is 0.217 e. The van der Waals surface area contributed by atoms with E-state index in [0.29, 0.717) is 6.54 Å². The van der Waals surface area contributed by atoms with Crippen LogP contribution >= 0.6 is 0 Å². The topological polar surface area (TPSA) is 38.3 Å². The molecule has 0 saturated carbocycles. The molecule has 1 aromatic rings. The summed E-state index contributed by atoms with van der Waals surface area (Å²) in [7, 11) is 1.69. The number of allylic oxidation sites excluding steroid dienone is 1. The fourth-order valence-corrected chi connectivity index (χ4v) is 2.33. The summed E-state index contributed by atoms with van der Waals surface area (Å²) in [5.74, 6) is 0.898. The number of carbonyl (C=O) groups excluding carboxylic acids is 1. The van der Waals surface area contributed by atoms with Gasteiger partial charge in [0.05, 0.1) is 7.11 Å². The molecule has 0 fully saturated rings. The Kier molecular flexibility index (Phi) is 4.03. The predicted octanol–water partition coefficient (Wildman–Crippen LogP) is 2.55. The maximum atomic E-state index is 10.9. The van der Waals surface area contributed by atoms with Crippen LogP contribution in [0.1, 0.15) is 30.9 Å². The quantitative estimate of drug-likeness (QED) is 0.888. The fraction of sp³-hybridized carbons (Fsp3) is 0.400. The van der Waals surface area contributed by atoms with E-state index in [1.807, 2.05) is 6.07 Å². The molecule has 96 valence electrons. The van der Waals surface area contributed by atoms with Gasteiger partial charge in [-0.2, -0.15) is 0 Å². The van der Waals surface area contributed by atoms with E-state index in [2.05, 4.69) is 23.5 Å². The van der Waals surface area contributed by atoms with Crippen molar-refractivity contribution in [2.45, 2.75) is 26.2 Å². The van der Waals surface area contributed by atoms with Crippen LogP contribution in [0, 0.1) is 0 Å². The number of carbonyl (C=O) groups is 1. The average molecular weight is 245 g/mol. The van der Waals surface area contributed by atoms with Gasteiger partial charge in [0.25, 0.3) is 0 Å². The lowest BCUT2D eigenvalue weighted by molar-refractivity contribution is -0.118. The summed E-state index contributed by atoms with van der Waals surface area (Å²) < 4.78 is 5.27. The van der Waals surface area contributed by atoms with Crippen molar-refractivity contribution in [3.05, 3.63) is 35.4 Å². The lowest BCUT2D eigenvalue weighted by atomic mass is 9.87. The average Bonchev–Trinajstić information content (AvgIpc) is 2.38. The van der Waals surface area contributed by atoms with Gasteiger partial charge in [-0.1, -0.05) is 12.1 Å². The van der Waals surface area contributed by atoms with Crippen LogP contribution < -0.4 is 10.1 Å². The zero-order valence-electron chi connectivity index (χ0n) is 11.0. The van der Waals surface area contributed by atoms with Gasteiger partial charge in [0.2, 0.25) is 5.91 Å². The summed E-state index contributed by atoms with van der Waals surface area (Å²) >= 11 is 0. The van der Waals surface area contributed by atoms with E-state index in [0.717, 1.165) is 18.6 Å². The number of hydrogen-bond acceptors (Lipinski definition) is 2. The molecule has 0 aromatic heterocycles. The second kappa shape index (κ2) is 5.71. The number of benzene rings is 1. The Morgan fingerprint density at radius 1 is 1.44 bits per heavy atom. The molecule has 1 N–H and O–H groups in total. The first-order valence-corrected chi connectivity index (χ1v) is 6.31. The third-order valence-corrected chi connectivity index (χ3v) is 3.25. The highest BCUT2D eigenvalue weighted by molar-refractivity contribution is 5.74. The Labute approximate surface area is 108 Å². The number of ether oxygens (including phenoxy) is 1. The molecule has 0 unspecified atom stereocenters. The molecule has 0 atom stereocenters. The second-order valence-electron chi connectivity index (χ2n) is 4.54. The predicted molar refractivity (Wildman–Crippen MR) is 72.6 cm³/mol. The van der Waals surface area contributed by atoms with Crippen LogP contribution in [0.5, 0.6) is 5.75 Å². The molecule has 0 bridgehead atoms. The van der Waals surface area contributed by atoms with Gasteiger partial charge < -0.3 is 10.1 Å². The number of rotatable bonds is 3. The molecule has 3 nitrogen and oxygen atoms in total. The van der Waals surface area contributed by atoms with Gasteiger partial charge in [0.15, 0.2) is 0 Å². The standard InChI is InChI=1S/C15H19NO2/c1-11(17)16-9-8-13-5-3-4-12-6-7-14(18-2)10-15(12)13/h6-8,10H,3-5,9H2,1-2H3,(H,16,17). The van der Waals surface area contributed by atoms with E-state index in [9.17, 15) is 4.79 Å². The highest BCUT2D eigenvalue weighted by Gasteiger charge is 2.14. The molecule has 1 aliphatic carbocycles. The molecule has 0 saturated heterocycles. The van der Waals surface area contributed by atoms with Crippen LogP contribution in [0.15, 0.2) is 24.3 Å². The molecular formula is C15H19NO2. The van der Waals surface area contributed by atoms with Crippen LogP contribution in [-0.2, 0) is 11.2 Å². The van der Waals surface area contributed by atoms with E-state index in [4.69, 9.17) is 4.74 Å². The number of amides is 1. The van der Waals surface area contributed by atoms with E-state index in [-0.39, 0.29) is 5.91 Å². The van der Waals surface area contributed by atoms with Gasteiger partial charge in [-0.25, -0.2) is 0 Å². The molecule has 18 heavy (non-hydrogen) atoms. The van der Waals surface area contributed by atoms with Crippen molar-refractivity contribution < 1.29 is 9.53 Å².